The molecule has 1 heterocycles. The van der Waals surface area contributed by atoms with Gasteiger partial charge in [0.05, 0.1) is 6.61 Å². The Bertz CT molecular complexity index is 293. The van der Waals surface area contributed by atoms with Gasteiger partial charge in [-0.15, -0.1) is 0 Å². The van der Waals surface area contributed by atoms with Crippen LogP contribution in [0.25, 0.3) is 0 Å². The van der Waals surface area contributed by atoms with Crippen molar-refractivity contribution < 1.29 is 4.74 Å². The molecule has 0 saturated heterocycles. The van der Waals surface area contributed by atoms with Crippen molar-refractivity contribution in [3.05, 3.63) is 11.9 Å². The SMILES string of the molecule is CCCCCOc1cc(NC)nc(CC)n1. The summed E-state index contributed by atoms with van der Waals surface area (Å²) in [4.78, 5) is 8.64. The summed E-state index contributed by atoms with van der Waals surface area (Å²) >= 11 is 0. The lowest BCUT2D eigenvalue weighted by Crippen LogP contribution is -2.04. The number of hydrogen-bond acceptors (Lipinski definition) is 4. The first-order valence-corrected chi connectivity index (χ1v) is 5.98. The van der Waals surface area contributed by atoms with E-state index in [4.69, 9.17) is 4.74 Å². The predicted molar refractivity (Wildman–Crippen MR) is 66.0 cm³/mol. The summed E-state index contributed by atoms with van der Waals surface area (Å²) in [5, 5.41) is 3.01. The van der Waals surface area contributed by atoms with E-state index in [1.54, 1.807) is 0 Å². The van der Waals surface area contributed by atoms with Crippen LogP contribution in [0.15, 0.2) is 6.07 Å². The van der Waals surface area contributed by atoms with E-state index in [1.807, 2.05) is 20.0 Å². The van der Waals surface area contributed by atoms with Crippen LogP contribution in [-0.4, -0.2) is 23.6 Å². The number of unbranched alkanes of at least 4 members (excludes halogenated alkanes) is 2. The molecule has 0 radical (unpaired) electrons. The minimum Gasteiger partial charge on any atom is -0.478 e. The van der Waals surface area contributed by atoms with Crippen molar-refractivity contribution in [3.63, 3.8) is 0 Å². The van der Waals surface area contributed by atoms with Gasteiger partial charge in [0, 0.05) is 19.5 Å². The Labute approximate surface area is 97.5 Å². The highest BCUT2D eigenvalue weighted by molar-refractivity contribution is 5.37. The molecule has 0 aliphatic rings. The van der Waals surface area contributed by atoms with Crippen LogP contribution in [0.2, 0.25) is 0 Å². The van der Waals surface area contributed by atoms with Crippen LogP contribution in [0.5, 0.6) is 5.88 Å². The maximum absolute atomic E-state index is 5.60. The van der Waals surface area contributed by atoms with Crippen LogP contribution >= 0.6 is 0 Å². The van der Waals surface area contributed by atoms with Crippen molar-refractivity contribution in [2.75, 3.05) is 19.0 Å². The predicted octanol–water partition coefficient (Wildman–Crippen LogP) is 2.65. The summed E-state index contributed by atoms with van der Waals surface area (Å²) in [7, 11) is 1.85. The van der Waals surface area contributed by atoms with Gasteiger partial charge in [0.25, 0.3) is 0 Å². The Morgan fingerprint density at radius 3 is 2.69 bits per heavy atom. The van der Waals surface area contributed by atoms with E-state index in [0.717, 1.165) is 31.1 Å². The lowest BCUT2D eigenvalue weighted by atomic mass is 10.3. The fourth-order valence-electron chi connectivity index (χ4n) is 1.36. The molecule has 0 saturated carbocycles. The number of rotatable bonds is 7. The average molecular weight is 223 g/mol. The summed E-state index contributed by atoms with van der Waals surface area (Å²) < 4.78 is 5.60. The van der Waals surface area contributed by atoms with Crippen LogP contribution in [0.4, 0.5) is 5.82 Å². The highest BCUT2D eigenvalue weighted by Crippen LogP contribution is 2.13. The van der Waals surface area contributed by atoms with E-state index in [9.17, 15) is 0 Å². The monoisotopic (exact) mass is 223 g/mol. The van der Waals surface area contributed by atoms with Gasteiger partial charge in [-0.25, -0.2) is 4.98 Å². The molecule has 90 valence electrons. The number of aryl methyl sites for hydroxylation is 1. The Hall–Kier alpha value is -1.32. The molecule has 0 amide bonds. The molecule has 1 rings (SSSR count). The van der Waals surface area contributed by atoms with Crippen molar-refractivity contribution in [2.45, 2.75) is 39.5 Å². The molecule has 1 N–H and O–H groups in total. The Balaban J connectivity index is 2.57. The normalized spacial score (nSPS) is 10.2. The summed E-state index contributed by atoms with van der Waals surface area (Å²) in [5.41, 5.74) is 0. The van der Waals surface area contributed by atoms with Gasteiger partial charge in [-0.05, 0) is 6.42 Å². The van der Waals surface area contributed by atoms with Gasteiger partial charge < -0.3 is 10.1 Å². The van der Waals surface area contributed by atoms with E-state index >= 15 is 0 Å². The van der Waals surface area contributed by atoms with Gasteiger partial charge in [0.2, 0.25) is 5.88 Å². The molecule has 16 heavy (non-hydrogen) atoms. The van der Waals surface area contributed by atoms with Crippen molar-refractivity contribution in [2.24, 2.45) is 0 Å². The fourth-order valence-corrected chi connectivity index (χ4v) is 1.36. The molecule has 1 aromatic heterocycles. The molecule has 4 nitrogen and oxygen atoms in total. The number of anilines is 1. The smallest absolute Gasteiger partial charge is 0.218 e. The minimum absolute atomic E-state index is 0.673. The molecule has 0 fully saturated rings. The van der Waals surface area contributed by atoms with Crippen molar-refractivity contribution in [1.29, 1.82) is 0 Å². The first-order valence-electron chi connectivity index (χ1n) is 5.98. The fraction of sp³-hybridized carbons (Fsp3) is 0.667. The highest BCUT2D eigenvalue weighted by Gasteiger charge is 2.02. The van der Waals surface area contributed by atoms with Gasteiger partial charge in [-0.3, -0.25) is 0 Å². The number of aromatic nitrogens is 2. The van der Waals surface area contributed by atoms with E-state index in [2.05, 4.69) is 22.2 Å². The Morgan fingerprint density at radius 2 is 2.06 bits per heavy atom. The van der Waals surface area contributed by atoms with Crippen LogP contribution in [0.3, 0.4) is 0 Å². The minimum atomic E-state index is 0.673. The first kappa shape index (κ1) is 12.7. The number of nitrogens with zero attached hydrogens (tertiary/aromatic N) is 2. The molecule has 0 aliphatic heterocycles. The molecule has 0 aromatic carbocycles. The van der Waals surface area contributed by atoms with E-state index in [-0.39, 0.29) is 0 Å². The van der Waals surface area contributed by atoms with Crippen LogP contribution in [0.1, 0.15) is 38.9 Å². The van der Waals surface area contributed by atoms with Gasteiger partial charge in [-0.1, -0.05) is 26.7 Å². The second kappa shape index (κ2) is 7.04. The summed E-state index contributed by atoms with van der Waals surface area (Å²) in [6.45, 7) is 4.95. The lowest BCUT2D eigenvalue weighted by Gasteiger charge is -2.08. The molecule has 1 aromatic rings. The van der Waals surface area contributed by atoms with Crippen molar-refractivity contribution >= 4 is 5.82 Å². The zero-order valence-electron chi connectivity index (χ0n) is 10.4. The highest BCUT2D eigenvalue weighted by atomic mass is 16.5. The van der Waals surface area contributed by atoms with E-state index < -0.39 is 0 Å². The second-order valence-corrected chi connectivity index (χ2v) is 3.67. The zero-order chi connectivity index (χ0) is 11.8. The third-order valence-corrected chi connectivity index (χ3v) is 2.32. The maximum atomic E-state index is 5.60. The van der Waals surface area contributed by atoms with Crippen LogP contribution in [0, 0.1) is 0 Å². The summed E-state index contributed by atoms with van der Waals surface area (Å²) in [6.07, 6.45) is 4.30. The van der Waals surface area contributed by atoms with Crippen molar-refractivity contribution in [1.82, 2.24) is 9.97 Å². The zero-order valence-corrected chi connectivity index (χ0v) is 10.4. The van der Waals surface area contributed by atoms with E-state index in [0.29, 0.717) is 5.88 Å². The van der Waals surface area contributed by atoms with Crippen LogP contribution < -0.4 is 10.1 Å². The molecule has 0 unspecified atom stereocenters. The molecular weight excluding hydrogens is 202 g/mol. The van der Waals surface area contributed by atoms with Gasteiger partial charge in [0.15, 0.2) is 0 Å². The number of ether oxygens (including phenoxy) is 1. The number of nitrogens with one attached hydrogen (secondary N) is 1. The Morgan fingerprint density at radius 1 is 1.25 bits per heavy atom. The maximum Gasteiger partial charge on any atom is 0.218 e. The van der Waals surface area contributed by atoms with Crippen LogP contribution in [-0.2, 0) is 6.42 Å². The summed E-state index contributed by atoms with van der Waals surface area (Å²) in [6, 6.07) is 1.84. The van der Waals surface area contributed by atoms with Crippen molar-refractivity contribution in [3.8, 4) is 5.88 Å². The van der Waals surface area contributed by atoms with Gasteiger partial charge >= 0.3 is 0 Å². The lowest BCUT2D eigenvalue weighted by molar-refractivity contribution is 0.293. The molecular formula is C12H21N3O. The molecule has 0 spiro atoms. The first-order chi connectivity index (χ1) is 7.80. The third-order valence-electron chi connectivity index (χ3n) is 2.32. The average Bonchev–Trinajstić information content (AvgIpc) is 2.34. The summed E-state index contributed by atoms with van der Waals surface area (Å²) in [5.74, 6) is 2.31. The largest absolute Gasteiger partial charge is 0.478 e. The van der Waals surface area contributed by atoms with E-state index in [1.165, 1.54) is 12.8 Å². The molecule has 0 bridgehead atoms. The molecule has 0 atom stereocenters. The molecule has 0 aliphatic carbocycles. The second-order valence-electron chi connectivity index (χ2n) is 3.67. The standard InChI is InChI=1S/C12H21N3O/c1-4-6-7-8-16-12-9-11(13-3)14-10(5-2)15-12/h9H,4-8H2,1-3H3,(H,13,14,15). The topological polar surface area (TPSA) is 47.0 Å². The number of hydrogen-bond donors (Lipinski definition) is 1. The third kappa shape index (κ3) is 4.04. The van der Waals surface area contributed by atoms with Gasteiger partial charge in [-0.2, -0.15) is 4.98 Å². The Kier molecular flexibility index (Phi) is 5.61. The quantitative estimate of drug-likeness (QED) is 0.722. The van der Waals surface area contributed by atoms with Gasteiger partial charge in [0.1, 0.15) is 11.6 Å². The molecule has 4 heteroatoms.